The highest BCUT2D eigenvalue weighted by Crippen LogP contribution is 2.17. The fourth-order valence-corrected chi connectivity index (χ4v) is 6.14. The van der Waals surface area contributed by atoms with Gasteiger partial charge in [0.25, 0.3) is 0 Å². The molecule has 1 rings (SSSR count). The third kappa shape index (κ3) is 10.4. The first-order chi connectivity index (χ1) is 14.6. The lowest BCUT2D eigenvalue weighted by Gasteiger charge is -2.40. The Morgan fingerprint density at radius 2 is 1.30 bits per heavy atom. The number of rotatable bonds is 18. The topological polar surface area (TPSA) is 6.48 Å². The first-order valence-corrected chi connectivity index (χ1v) is 14.5. The molecule has 0 N–H and O–H groups in total. The lowest BCUT2D eigenvalue weighted by atomic mass is 10.1. The number of hydrogen-bond acceptors (Lipinski definition) is 2. The maximum Gasteiger partial charge on any atom is 0.0596 e. The number of allylic oxidation sites excluding steroid dienone is 1. The molecule has 0 bridgehead atoms. The average Bonchev–Trinajstić information content (AvgIpc) is 2.76. The second kappa shape index (κ2) is 16.7. The zero-order chi connectivity index (χ0) is 22.2. The number of benzene rings is 1. The van der Waals surface area contributed by atoms with Gasteiger partial charge in [-0.1, -0.05) is 95.0 Å². The highest BCUT2D eigenvalue weighted by Gasteiger charge is 2.24. The summed E-state index contributed by atoms with van der Waals surface area (Å²) >= 11 is 0. The molecule has 0 aliphatic heterocycles. The molecule has 0 saturated carbocycles. The van der Waals surface area contributed by atoms with Crippen LogP contribution < -0.4 is 5.19 Å². The van der Waals surface area contributed by atoms with E-state index < -0.39 is 0 Å². The highest BCUT2D eigenvalue weighted by molar-refractivity contribution is 6.53. The third-order valence-corrected chi connectivity index (χ3v) is 7.97. The standard InChI is InChI=1S/C27H50N2Si/c1-7-11-18-28(19-12-8-2)27(29(20-13-9-3)21-14-10-4)23-30-26-17-15-16-25(22-26)24(5)6/h15-17,22,27H,5,7-14,18-21,23,30H2,1-4,6H3. The molecule has 0 atom stereocenters. The van der Waals surface area contributed by atoms with Gasteiger partial charge < -0.3 is 0 Å². The van der Waals surface area contributed by atoms with Gasteiger partial charge in [0, 0.05) is 0 Å². The van der Waals surface area contributed by atoms with Crippen molar-refractivity contribution in [2.75, 3.05) is 26.2 Å². The lowest BCUT2D eigenvalue weighted by molar-refractivity contribution is 0.0502. The summed E-state index contributed by atoms with van der Waals surface area (Å²) in [5.74, 6) is 0. The Morgan fingerprint density at radius 1 is 0.833 bits per heavy atom. The van der Waals surface area contributed by atoms with Crippen LogP contribution in [0.25, 0.3) is 5.57 Å². The van der Waals surface area contributed by atoms with Gasteiger partial charge in [0.2, 0.25) is 0 Å². The zero-order valence-electron chi connectivity index (χ0n) is 20.9. The van der Waals surface area contributed by atoms with E-state index in [-0.39, 0.29) is 9.52 Å². The predicted octanol–water partition coefficient (Wildman–Crippen LogP) is 6.06. The van der Waals surface area contributed by atoms with Crippen molar-refractivity contribution in [3.8, 4) is 0 Å². The molecule has 1 aromatic rings. The Balaban J connectivity index is 3.04. The summed E-state index contributed by atoms with van der Waals surface area (Å²) in [6.45, 7) is 20.6. The minimum Gasteiger partial charge on any atom is -0.288 e. The second-order valence-corrected chi connectivity index (χ2v) is 10.9. The number of unbranched alkanes of at least 4 members (excludes halogenated alkanes) is 4. The Hall–Kier alpha value is -0.903. The molecule has 0 unspecified atom stereocenters. The van der Waals surface area contributed by atoms with Crippen LogP contribution in [0.15, 0.2) is 30.8 Å². The predicted molar refractivity (Wildman–Crippen MR) is 141 cm³/mol. The van der Waals surface area contributed by atoms with Gasteiger partial charge in [0.05, 0.1) is 15.7 Å². The molecule has 0 fully saturated rings. The van der Waals surface area contributed by atoms with E-state index in [0.717, 1.165) is 0 Å². The third-order valence-electron chi connectivity index (χ3n) is 6.15. The fraction of sp³-hybridized carbons (Fsp3) is 0.704. The monoisotopic (exact) mass is 430 g/mol. The summed E-state index contributed by atoms with van der Waals surface area (Å²) in [6, 6.07) is 10.6. The average molecular weight is 431 g/mol. The van der Waals surface area contributed by atoms with Crippen LogP contribution in [0.1, 0.15) is 91.5 Å². The van der Waals surface area contributed by atoms with Crippen LogP contribution in [-0.4, -0.2) is 51.7 Å². The Labute approximate surface area is 190 Å². The molecule has 0 aliphatic carbocycles. The molecule has 0 aromatic heterocycles. The first-order valence-electron chi connectivity index (χ1n) is 12.8. The van der Waals surface area contributed by atoms with Gasteiger partial charge >= 0.3 is 0 Å². The molecule has 3 heteroatoms. The van der Waals surface area contributed by atoms with Crippen molar-refractivity contribution in [3.05, 3.63) is 36.4 Å². The van der Waals surface area contributed by atoms with Gasteiger partial charge in [0.15, 0.2) is 0 Å². The SMILES string of the molecule is C=C(C)c1cccc([SiH2]CC(N(CCCC)CCCC)N(CCCC)CCCC)c1. The molecule has 1 aromatic carbocycles. The summed E-state index contributed by atoms with van der Waals surface area (Å²) in [5, 5.41) is 1.59. The van der Waals surface area contributed by atoms with Crippen LogP contribution in [-0.2, 0) is 0 Å². The minimum absolute atomic E-state index is 0.315. The van der Waals surface area contributed by atoms with E-state index in [0.29, 0.717) is 6.17 Å². The normalized spacial score (nSPS) is 12.1. The quantitative estimate of drug-likeness (QED) is 0.206. The molecule has 0 aliphatic rings. The van der Waals surface area contributed by atoms with Crippen LogP contribution in [0, 0.1) is 0 Å². The van der Waals surface area contributed by atoms with E-state index in [1.54, 1.807) is 5.19 Å². The van der Waals surface area contributed by atoms with Crippen molar-refractivity contribution >= 4 is 20.3 Å². The molecular formula is C27H50N2Si. The molecule has 0 radical (unpaired) electrons. The van der Waals surface area contributed by atoms with Crippen molar-refractivity contribution in [1.82, 2.24) is 9.80 Å². The summed E-state index contributed by atoms with van der Waals surface area (Å²) < 4.78 is 0. The molecule has 0 saturated heterocycles. The van der Waals surface area contributed by atoms with E-state index in [2.05, 4.69) is 75.3 Å². The summed E-state index contributed by atoms with van der Waals surface area (Å²) in [4.78, 5) is 5.71. The molecular weight excluding hydrogens is 380 g/mol. The smallest absolute Gasteiger partial charge is 0.0596 e. The fourth-order valence-electron chi connectivity index (χ4n) is 4.15. The van der Waals surface area contributed by atoms with Crippen molar-refractivity contribution in [2.24, 2.45) is 0 Å². The Bertz CT molecular complexity index is 536. The lowest BCUT2D eigenvalue weighted by Crippen LogP contribution is -2.51. The van der Waals surface area contributed by atoms with E-state index in [1.807, 2.05) is 0 Å². The summed E-state index contributed by atoms with van der Waals surface area (Å²) in [5.41, 5.74) is 2.50. The van der Waals surface area contributed by atoms with E-state index >= 15 is 0 Å². The van der Waals surface area contributed by atoms with Crippen LogP contribution in [0.5, 0.6) is 0 Å². The Morgan fingerprint density at radius 3 is 1.70 bits per heavy atom. The maximum absolute atomic E-state index is 4.15. The first kappa shape index (κ1) is 27.1. The zero-order valence-corrected chi connectivity index (χ0v) is 22.3. The van der Waals surface area contributed by atoms with Crippen molar-refractivity contribution in [2.45, 2.75) is 98.2 Å². The molecule has 2 nitrogen and oxygen atoms in total. The summed E-state index contributed by atoms with van der Waals surface area (Å²) in [6.07, 6.45) is 11.1. The van der Waals surface area contributed by atoms with E-state index in [4.69, 9.17) is 0 Å². The maximum atomic E-state index is 4.15. The number of hydrogen-bond donors (Lipinski definition) is 0. The molecule has 0 heterocycles. The van der Waals surface area contributed by atoms with E-state index in [1.165, 1.54) is 94.7 Å². The van der Waals surface area contributed by atoms with Crippen LogP contribution >= 0.6 is 0 Å². The molecule has 0 spiro atoms. The van der Waals surface area contributed by atoms with Crippen molar-refractivity contribution in [3.63, 3.8) is 0 Å². The van der Waals surface area contributed by atoms with Gasteiger partial charge in [0.1, 0.15) is 0 Å². The molecule has 0 amide bonds. The van der Waals surface area contributed by atoms with Gasteiger partial charge in [-0.05, 0) is 70.4 Å². The van der Waals surface area contributed by atoms with Crippen LogP contribution in [0.2, 0.25) is 6.04 Å². The van der Waals surface area contributed by atoms with Crippen molar-refractivity contribution < 1.29 is 0 Å². The molecule has 30 heavy (non-hydrogen) atoms. The minimum atomic E-state index is -0.315. The van der Waals surface area contributed by atoms with Crippen molar-refractivity contribution in [1.29, 1.82) is 0 Å². The van der Waals surface area contributed by atoms with Gasteiger partial charge in [-0.3, -0.25) is 9.80 Å². The number of nitrogens with zero attached hydrogens (tertiary/aromatic N) is 2. The van der Waals surface area contributed by atoms with Crippen LogP contribution in [0.3, 0.4) is 0 Å². The van der Waals surface area contributed by atoms with Gasteiger partial charge in [-0.25, -0.2) is 0 Å². The Kier molecular flexibility index (Phi) is 15.1. The van der Waals surface area contributed by atoms with E-state index in [9.17, 15) is 0 Å². The largest absolute Gasteiger partial charge is 0.288 e. The summed E-state index contributed by atoms with van der Waals surface area (Å²) in [7, 11) is -0.315. The molecule has 172 valence electrons. The van der Waals surface area contributed by atoms with Gasteiger partial charge in [-0.2, -0.15) is 0 Å². The highest BCUT2D eigenvalue weighted by atomic mass is 28.2. The van der Waals surface area contributed by atoms with Crippen LogP contribution in [0.4, 0.5) is 0 Å². The second-order valence-electron chi connectivity index (χ2n) is 8.99. The van der Waals surface area contributed by atoms with Gasteiger partial charge in [-0.15, -0.1) is 0 Å².